The zero-order valence-electron chi connectivity index (χ0n) is 14.5. The van der Waals surface area contributed by atoms with Crippen molar-refractivity contribution in [3.05, 3.63) is 72.3 Å². The molecule has 3 aromatic rings. The number of ether oxygens (including phenoxy) is 1. The molecule has 0 fully saturated rings. The van der Waals surface area contributed by atoms with Gasteiger partial charge in [0.05, 0.1) is 7.11 Å². The summed E-state index contributed by atoms with van der Waals surface area (Å²) in [6.07, 6.45) is 1.09. The van der Waals surface area contributed by atoms with Gasteiger partial charge in [0.1, 0.15) is 5.75 Å². The van der Waals surface area contributed by atoms with Crippen LogP contribution in [0.2, 0.25) is 0 Å². The zero-order valence-corrected chi connectivity index (χ0v) is 14.5. The van der Waals surface area contributed by atoms with Gasteiger partial charge >= 0.3 is 0 Å². The monoisotopic (exact) mass is 348 g/mol. The highest BCUT2D eigenvalue weighted by Crippen LogP contribution is 2.20. The van der Waals surface area contributed by atoms with E-state index >= 15 is 0 Å². The molecule has 0 aliphatic heterocycles. The van der Waals surface area contributed by atoms with Crippen LogP contribution >= 0.6 is 0 Å². The number of carbonyl (C=O) groups is 1. The third-order valence-electron chi connectivity index (χ3n) is 3.76. The summed E-state index contributed by atoms with van der Waals surface area (Å²) in [5, 5.41) is 14.0. The molecular formula is C20H20N4O2. The Kier molecular flexibility index (Phi) is 5.77. The summed E-state index contributed by atoms with van der Waals surface area (Å²) in [5.41, 5.74) is 1.98. The molecule has 0 saturated heterocycles. The smallest absolute Gasteiger partial charge is 0.225 e. The molecule has 2 N–H and O–H groups in total. The van der Waals surface area contributed by atoms with Crippen LogP contribution in [0.4, 0.5) is 17.3 Å². The number of nitrogens with one attached hydrogen (secondary N) is 2. The molecule has 0 unspecified atom stereocenters. The van der Waals surface area contributed by atoms with Crippen LogP contribution < -0.4 is 15.4 Å². The van der Waals surface area contributed by atoms with Crippen LogP contribution in [0.5, 0.6) is 5.75 Å². The van der Waals surface area contributed by atoms with Gasteiger partial charge in [0.15, 0.2) is 11.6 Å². The van der Waals surface area contributed by atoms with E-state index in [9.17, 15) is 4.79 Å². The Morgan fingerprint density at radius 2 is 1.73 bits per heavy atom. The molecule has 1 heterocycles. The number of nitrogens with zero attached hydrogens (tertiary/aromatic N) is 2. The van der Waals surface area contributed by atoms with E-state index in [1.807, 2.05) is 54.6 Å². The molecular weight excluding hydrogens is 328 g/mol. The van der Waals surface area contributed by atoms with E-state index in [2.05, 4.69) is 20.8 Å². The van der Waals surface area contributed by atoms with Crippen molar-refractivity contribution in [3.63, 3.8) is 0 Å². The number of aryl methyl sites for hydroxylation is 1. The highest BCUT2D eigenvalue weighted by molar-refractivity contribution is 5.89. The lowest BCUT2D eigenvalue weighted by Crippen LogP contribution is -2.14. The Hall–Kier alpha value is -3.41. The molecule has 0 radical (unpaired) electrons. The average Bonchev–Trinajstić information content (AvgIpc) is 2.69. The van der Waals surface area contributed by atoms with Gasteiger partial charge in [-0.2, -0.15) is 0 Å². The van der Waals surface area contributed by atoms with Gasteiger partial charge < -0.3 is 15.4 Å². The number of benzene rings is 2. The lowest BCUT2D eigenvalue weighted by atomic mass is 10.1. The Balaban J connectivity index is 1.53. The van der Waals surface area contributed by atoms with E-state index in [0.29, 0.717) is 24.5 Å². The largest absolute Gasteiger partial charge is 0.497 e. The molecule has 0 atom stereocenters. The normalized spacial score (nSPS) is 10.2. The van der Waals surface area contributed by atoms with Gasteiger partial charge in [0, 0.05) is 18.2 Å². The quantitative estimate of drug-likeness (QED) is 0.679. The van der Waals surface area contributed by atoms with Crippen molar-refractivity contribution < 1.29 is 9.53 Å². The molecule has 0 aliphatic carbocycles. The van der Waals surface area contributed by atoms with Crippen LogP contribution in [0.25, 0.3) is 0 Å². The summed E-state index contributed by atoms with van der Waals surface area (Å²) >= 11 is 0. The van der Waals surface area contributed by atoms with Crippen LogP contribution in [-0.2, 0) is 11.2 Å². The van der Waals surface area contributed by atoms with Gasteiger partial charge in [-0.3, -0.25) is 4.79 Å². The number of rotatable bonds is 7. The SMILES string of the molecule is COc1cccc(Nc2ccc(NC(=O)CCc3ccccc3)nn2)c1. The fourth-order valence-electron chi connectivity index (χ4n) is 2.42. The third kappa shape index (κ3) is 5.04. The lowest BCUT2D eigenvalue weighted by molar-refractivity contribution is -0.116. The molecule has 3 rings (SSSR count). The second kappa shape index (κ2) is 8.62. The summed E-state index contributed by atoms with van der Waals surface area (Å²) in [5.74, 6) is 1.68. The van der Waals surface area contributed by atoms with E-state index in [0.717, 1.165) is 17.0 Å². The predicted octanol–water partition coefficient (Wildman–Crippen LogP) is 3.80. The maximum Gasteiger partial charge on any atom is 0.225 e. The van der Waals surface area contributed by atoms with Gasteiger partial charge in [0.25, 0.3) is 0 Å². The molecule has 6 heteroatoms. The molecule has 0 bridgehead atoms. The number of hydrogen-bond acceptors (Lipinski definition) is 5. The molecule has 0 spiro atoms. The van der Waals surface area contributed by atoms with Crippen molar-refractivity contribution in [1.29, 1.82) is 0 Å². The highest BCUT2D eigenvalue weighted by atomic mass is 16.5. The standard InChI is InChI=1S/C20H20N4O2/c1-26-17-9-5-8-16(14-17)21-18-11-12-19(24-23-18)22-20(25)13-10-15-6-3-2-4-7-15/h2-9,11-12,14H,10,13H2,1H3,(H,21,23)(H,22,24,25). The van der Waals surface area contributed by atoms with Crippen LogP contribution in [0.15, 0.2) is 66.7 Å². The maximum atomic E-state index is 12.0. The van der Waals surface area contributed by atoms with Crippen LogP contribution in [0, 0.1) is 0 Å². The highest BCUT2D eigenvalue weighted by Gasteiger charge is 2.05. The Labute approximate surface area is 152 Å². The minimum atomic E-state index is -0.0864. The van der Waals surface area contributed by atoms with Gasteiger partial charge in [0.2, 0.25) is 5.91 Å². The Morgan fingerprint density at radius 3 is 2.46 bits per heavy atom. The number of anilines is 3. The second-order valence-corrected chi connectivity index (χ2v) is 5.69. The first-order valence-electron chi connectivity index (χ1n) is 8.31. The summed E-state index contributed by atoms with van der Waals surface area (Å²) in [4.78, 5) is 12.0. The number of methoxy groups -OCH3 is 1. The fourth-order valence-corrected chi connectivity index (χ4v) is 2.42. The minimum absolute atomic E-state index is 0.0864. The van der Waals surface area contributed by atoms with Crippen LogP contribution in [0.3, 0.4) is 0 Å². The van der Waals surface area contributed by atoms with Crippen molar-refractivity contribution in [1.82, 2.24) is 10.2 Å². The van der Waals surface area contributed by atoms with Crippen LogP contribution in [0.1, 0.15) is 12.0 Å². The molecule has 132 valence electrons. The maximum absolute atomic E-state index is 12.0. The molecule has 0 aliphatic rings. The summed E-state index contributed by atoms with van der Waals surface area (Å²) < 4.78 is 5.19. The van der Waals surface area contributed by atoms with Crippen molar-refractivity contribution in [2.45, 2.75) is 12.8 Å². The zero-order chi connectivity index (χ0) is 18.2. The van der Waals surface area contributed by atoms with E-state index in [4.69, 9.17) is 4.74 Å². The number of hydrogen-bond donors (Lipinski definition) is 2. The molecule has 2 aromatic carbocycles. The molecule has 26 heavy (non-hydrogen) atoms. The number of aromatic nitrogens is 2. The summed E-state index contributed by atoms with van der Waals surface area (Å²) in [7, 11) is 1.62. The predicted molar refractivity (Wildman–Crippen MR) is 102 cm³/mol. The van der Waals surface area contributed by atoms with E-state index in [1.54, 1.807) is 19.2 Å². The number of carbonyl (C=O) groups excluding carboxylic acids is 1. The molecule has 1 amide bonds. The third-order valence-corrected chi connectivity index (χ3v) is 3.76. The first-order valence-corrected chi connectivity index (χ1v) is 8.31. The summed E-state index contributed by atoms with van der Waals surface area (Å²) in [6.45, 7) is 0. The molecule has 1 aromatic heterocycles. The van der Waals surface area contributed by atoms with Crippen molar-refractivity contribution in [3.8, 4) is 5.75 Å². The Bertz CT molecular complexity index is 851. The van der Waals surface area contributed by atoms with E-state index in [1.165, 1.54) is 0 Å². The second-order valence-electron chi connectivity index (χ2n) is 5.69. The molecule has 0 saturated carbocycles. The lowest BCUT2D eigenvalue weighted by Gasteiger charge is -2.08. The van der Waals surface area contributed by atoms with Gasteiger partial charge in [-0.1, -0.05) is 36.4 Å². The van der Waals surface area contributed by atoms with E-state index in [-0.39, 0.29) is 5.91 Å². The van der Waals surface area contributed by atoms with Gasteiger partial charge in [-0.15, -0.1) is 10.2 Å². The summed E-state index contributed by atoms with van der Waals surface area (Å²) in [6, 6.07) is 20.9. The average molecular weight is 348 g/mol. The van der Waals surface area contributed by atoms with Gasteiger partial charge in [-0.25, -0.2) is 0 Å². The molecule has 6 nitrogen and oxygen atoms in total. The Morgan fingerprint density at radius 1 is 0.962 bits per heavy atom. The topological polar surface area (TPSA) is 76.1 Å². The minimum Gasteiger partial charge on any atom is -0.497 e. The first kappa shape index (κ1) is 17.4. The van der Waals surface area contributed by atoms with Crippen molar-refractivity contribution in [2.75, 3.05) is 17.7 Å². The first-order chi connectivity index (χ1) is 12.7. The van der Waals surface area contributed by atoms with Gasteiger partial charge in [-0.05, 0) is 36.2 Å². The van der Waals surface area contributed by atoms with Crippen molar-refractivity contribution in [2.24, 2.45) is 0 Å². The van der Waals surface area contributed by atoms with E-state index < -0.39 is 0 Å². The van der Waals surface area contributed by atoms with Crippen LogP contribution in [-0.4, -0.2) is 23.2 Å². The van der Waals surface area contributed by atoms with Crippen molar-refractivity contribution >= 4 is 23.2 Å². The number of amides is 1. The fraction of sp³-hybridized carbons (Fsp3) is 0.150.